The molecule has 150 valence electrons. The van der Waals surface area contributed by atoms with E-state index in [1.807, 2.05) is 0 Å². The van der Waals surface area contributed by atoms with Crippen LogP contribution in [0.4, 0.5) is 10.5 Å². The summed E-state index contributed by atoms with van der Waals surface area (Å²) < 4.78 is 5.69. The maximum Gasteiger partial charge on any atom is 0.338 e. The summed E-state index contributed by atoms with van der Waals surface area (Å²) in [6.45, 7) is 1.58. The first-order valence-electron chi connectivity index (χ1n) is 9.31. The summed E-state index contributed by atoms with van der Waals surface area (Å²) in [7, 11) is 0. The lowest BCUT2D eigenvalue weighted by atomic mass is 9.95. The van der Waals surface area contributed by atoms with E-state index >= 15 is 0 Å². The van der Waals surface area contributed by atoms with Gasteiger partial charge in [0, 0.05) is 11.8 Å². The standard InChI is InChI=1S/C19H23N3O6/c1-11-16(18(24)28-13-6-4-2-3-5-7-13)17(21-19(25)20-11)12-8-9-15(23)14(10-12)22(26)27/h8-10,13,17,23H,2-7H2,1H3,(H2,20,21,25)/p-1/t17-/m1/s1. The van der Waals surface area contributed by atoms with Crippen LogP contribution in [-0.4, -0.2) is 23.0 Å². The summed E-state index contributed by atoms with van der Waals surface area (Å²) in [6, 6.07) is 2.04. The molecule has 1 aromatic carbocycles. The van der Waals surface area contributed by atoms with Crippen molar-refractivity contribution in [2.24, 2.45) is 0 Å². The van der Waals surface area contributed by atoms with Gasteiger partial charge in [0.1, 0.15) is 6.10 Å². The Bertz CT molecular complexity index is 827. The first-order valence-corrected chi connectivity index (χ1v) is 9.31. The van der Waals surface area contributed by atoms with Gasteiger partial charge in [-0.2, -0.15) is 0 Å². The number of hydrogen-bond acceptors (Lipinski definition) is 6. The van der Waals surface area contributed by atoms with Crippen molar-refractivity contribution in [3.63, 3.8) is 0 Å². The van der Waals surface area contributed by atoms with Gasteiger partial charge in [-0.25, -0.2) is 9.59 Å². The number of rotatable bonds is 4. The van der Waals surface area contributed by atoms with Gasteiger partial charge in [-0.15, -0.1) is 0 Å². The molecular formula is C19H22N3O6-. The van der Waals surface area contributed by atoms with Crippen molar-refractivity contribution in [3.8, 4) is 5.75 Å². The van der Waals surface area contributed by atoms with Gasteiger partial charge in [-0.1, -0.05) is 25.0 Å². The molecule has 2 N–H and O–H groups in total. The van der Waals surface area contributed by atoms with E-state index in [1.54, 1.807) is 6.92 Å². The molecule has 9 heteroatoms. The van der Waals surface area contributed by atoms with Gasteiger partial charge in [0.2, 0.25) is 0 Å². The van der Waals surface area contributed by atoms with Crippen molar-refractivity contribution in [1.29, 1.82) is 0 Å². The van der Waals surface area contributed by atoms with Gasteiger partial charge >= 0.3 is 12.0 Å². The highest BCUT2D eigenvalue weighted by molar-refractivity contribution is 5.95. The molecule has 28 heavy (non-hydrogen) atoms. The molecule has 0 spiro atoms. The highest BCUT2D eigenvalue weighted by Gasteiger charge is 2.34. The van der Waals surface area contributed by atoms with Gasteiger partial charge in [0.15, 0.2) is 0 Å². The van der Waals surface area contributed by atoms with Crippen LogP contribution < -0.4 is 15.7 Å². The molecule has 3 rings (SSSR count). The Morgan fingerprint density at radius 2 is 1.89 bits per heavy atom. The molecule has 1 atom stereocenters. The summed E-state index contributed by atoms with van der Waals surface area (Å²) in [4.78, 5) is 35.2. The van der Waals surface area contributed by atoms with Crippen LogP contribution in [0.5, 0.6) is 5.75 Å². The molecule has 2 amide bonds. The maximum atomic E-state index is 12.9. The molecule has 0 radical (unpaired) electrons. The molecular weight excluding hydrogens is 366 g/mol. The molecule has 0 aromatic heterocycles. The van der Waals surface area contributed by atoms with Crippen molar-refractivity contribution in [1.82, 2.24) is 10.6 Å². The fraction of sp³-hybridized carbons (Fsp3) is 0.474. The third kappa shape index (κ3) is 4.24. The predicted molar refractivity (Wildman–Crippen MR) is 97.2 cm³/mol. The third-order valence-corrected chi connectivity index (χ3v) is 5.08. The third-order valence-electron chi connectivity index (χ3n) is 5.08. The largest absolute Gasteiger partial charge is 0.868 e. The predicted octanol–water partition coefficient (Wildman–Crippen LogP) is 2.56. The zero-order chi connectivity index (χ0) is 20.3. The molecule has 0 saturated heterocycles. The highest BCUT2D eigenvalue weighted by Crippen LogP contribution is 2.33. The lowest BCUT2D eigenvalue weighted by Gasteiger charge is -2.29. The Labute approximate surface area is 161 Å². The van der Waals surface area contributed by atoms with Crippen molar-refractivity contribution < 1.29 is 24.4 Å². The summed E-state index contributed by atoms with van der Waals surface area (Å²) in [5.74, 6) is -1.31. The Morgan fingerprint density at radius 1 is 1.21 bits per heavy atom. The summed E-state index contributed by atoms with van der Waals surface area (Å²) in [6.07, 6.45) is 5.60. The van der Waals surface area contributed by atoms with Crippen LogP contribution in [0, 0.1) is 10.1 Å². The molecule has 1 aliphatic heterocycles. The van der Waals surface area contributed by atoms with Crippen molar-refractivity contribution >= 4 is 17.7 Å². The van der Waals surface area contributed by atoms with E-state index in [2.05, 4.69) is 10.6 Å². The van der Waals surface area contributed by atoms with Crippen molar-refractivity contribution in [3.05, 3.63) is 45.1 Å². The number of nitro benzene ring substituents is 1. The zero-order valence-electron chi connectivity index (χ0n) is 15.5. The molecule has 1 saturated carbocycles. The fourth-order valence-corrected chi connectivity index (χ4v) is 3.65. The Morgan fingerprint density at radius 3 is 2.54 bits per heavy atom. The van der Waals surface area contributed by atoms with E-state index in [0.29, 0.717) is 5.70 Å². The van der Waals surface area contributed by atoms with Crippen LogP contribution in [0.1, 0.15) is 57.1 Å². The number of ether oxygens (including phenoxy) is 1. The van der Waals surface area contributed by atoms with Crippen LogP contribution in [0.3, 0.4) is 0 Å². The second kappa shape index (κ2) is 8.28. The quantitative estimate of drug-likeness (QED) is 0.352. The van der Waals surface area contributed by atoms with Crippen LogP contribution >= 0.6 is 0 Å². The molecule has 2 aliphatic rings. The fourth-order valence-electron chi connectivity index (χ4n) is 3.65. The number of allylic oxidation sites excluding steroid dienone is 1. The summed E-state index contributed by atoms with van der Waals surface area (Å²) in [5, 5.41) is 27.9. The maximum absolute atomic E-state index is 12.9. The average Bonchev–Trinajstić information content (AvgIpc) is 2.89. The smallest absolute Gasteiger partial charge is 0.338 e. The van der Waals surface area contributed by atoms with Crippen molar-refractivity contribution in [2.45, 2.75) is 57.6 Å². The average molecular weight is 388 g/mol. The minimum Gasteiger partial charge on any atom is -0.868 e. The number of hydrogen-bond donors (Lipinski definition) is 2. The van der Waals surface area contributed by atoms with Crippen molar-refractivity contribution in [2.75, 3.05) is 0 Å². The van der Waals surface area contributed by atoms with Crippen LogP contribution in [0.25, 0.3) is 0 Å². The normalized spacial score (nSPS) is 20.8. The van der Waals surface area contributed by atoms with E-state index in [4.69, 9.17) is 4.74 Å². The van der Waals surface area contributed by atoms with Crippen LogP contribution in [0.15, 0.2) is 29.5 Å². The van der Waals surface area contributed by atoms with Crippen LogP contribution in [-0.2, 0) is 9.53 Å². The number of urea groups is 1. The summed E-state index contributed by atoms with van der Waals surface area (Å²) >= 11 is 0. The van der Waals surface area contributed by atoms with Gasteiger partial charge < -0.3 is 20.5 Å². The number of nitrogens with zero attached hydrogens (tertiary/aromatic N) is 1. The molecule has 0 bridgehead atoms. The first kappa shape index (κ1) is 19.7. The second-order valence-corrected chi connectivity index (χ2v) is 7.07. The minimum absolute atomic E-state index is 0.178. The SMILES string of the molecule is CC1=C(C(=O)OC2CCCCCC2)[C@@H](c2ccc([O-])c([N+](=O)[O-])c2)NC(=O)N1. The first-order chi connectivity index (χ1) is 13.4. The molecule has 1 aliphatic carbocycles. The minimum atomic E-state index is -0.939. The number of benzene rings is 1. The van der Waals surface area contributed by atoms with Gasteiger partial charge in [-0.05, 0) is 43.9 Å². The van der Waals surface area contributed by atoms with Gasteiger partial charge in [0.05, 0.1) is 16.5 Å². The van der Waals surface area contributed by atoms with E-state index < -0.39 is 34.4 Å². The summed E-state index contributed by atoms with van der Waals surface area (Å²) in [5.41, 5.74) is 0.158. The van der Waals surface area contributed by atoms with Crippen LogP contribution in [0.2, 0.25) is 0 Å². The number of amides is 2. The highest BCUT2D eigenvalue weighted by atomic mass is 16.6. The number of carbonyl (C=O) groups excluding carboxylic acids is 2. The molecule has 1 fully saturated rings. The number of carbonyl (C=O) groups is 2. The zero-order valence-corrected chi connectivity index (χ0v) is 15.5. The van der Waals surface area contributed by atoms with E-state index in [-0.39, 0.29) is 17.2 Å². The molecule has 1 aromatic rings. The Hall–Kier alpha value is -3.10. The number of nitro groups is 1. The Kier molecular flexibility index (Phi) is 5.81. The molecule has 1 heterocycles. The monoisotopic (exact) mass is 388 g/mol. The lowest BCUT2D eigenvalue weighted by Crippen LogP contribution is -2.45. The van der Waals surface area contributed by atoms with E-state index in [9.17, 15) is 24.8 Å². The molecule has 9 nitrogen and oxygen atoms in total. The molecule has 0 unspecified atom stereocenters. The second-order valence-electron chi connectivity index (χ2n) is 7.07. The van der Waals surface area contributed by atoms with Gasteiger partial charge in [0.25, 0.3) is 5.69 Å². The lowest BCUT2D eigenvalue weighted by molar-refractivity contribution is -0.398. The Balaban J connectivity index is 1.91. The topological polar surface area (TPSA) is 134 Å². The van der Waals surface area contributed by atoms with E-state index in [0.717, 1.165) is 50.7 Å². The number of esters is 1. The van der Waals surface area contributed by atoms with E-state index in [1.165, 1.54) is 6.07 Å². The van der Waals surface area contributed by atoms with Gasteiger partial charge in [-0.3, -0.25) is 10.1 Å². The number of nitrogens with one attached hydrogen (secondary N) is 2.